The third-order valence-electron chi connectivity index (χ3n) is 1.98. The lowest BCUT2D eigenvalue weighted by atomic mass is 9.93. The Labute approximate surface area is 89.1 Å². The van der Waals surface area contributed by atoms with Gasteiger partial charge in [0, 0.05) is 18.1 Å². The molecule has 0 fully saturated rings. The second-order valence-corrected chi connectivity index (χ2v) is 5.11. The van der Waals surface area contributed by atoms with Crippen LogP contribution in [0.3, 0.4) is 0 Å². The third-order valence-corrected chi connectivity index (χ3v) is 2.93. The molecule has 76 valence electrons. The SMILES string of the molecule is Cn1cc(SCCC(C)(C)C#N)cn1. The normalized spacial score (nSPS) is 11.3. The molecule has 1 rings (SSSR count). The minimum Gasteiger partial charge on any atom is -0.275 e. The molecule has 0 saturated heterocycles. The maximum absolute atomic E-state index is 8.82. The van der Waals surface area contributed by atoms with Gasteiger partial charge in [-0.05, 0) is 26.0 Å². The van der Waals surface area contributed by atoms with Crippen molar-refractivity contribution >= 4 is 11.8 Å². The molecule has 0 saturated carbocycles. The van der Waals surface area contributed by atoms with Gasteiger partial charge in [0.2, 0.25) is 0 Å². The molecule has 14 heavy (non-hydrogen) atoms. The zero-order valence-corrected chi connectivity index (χ0v) is 9.64. The van der Waals surface area contributed by atoms with E-state index in [2.05, 4.69) is 11.2 Å². The van der Waals surface area contributed by atoms with Crippen molar-refractivity contribution in [1.29, 1.82) is 5.26 Å². The van der Waals surface area contributed by atoms with Crippen LogP contribution < -0.4 is 0 Å². The highest BCUT2D eigenvalue weighted by Gasteiger charge is 2.15. The Morgan fingerprint density at radius 2 is 2.36 bits per heavy atom. The molecule has 0 atom stereocenters. The van der Waals surface area contributed by atoms with Crippen molar-refractivity contribution in [2.75, 3.05) is 5.75 Å². The minimum atomic E-state index is -0.213. The lowest BCUT2D eigenvalue weighted by Crippen LogP contribution is -2.08. The first-order valence-corrected chi connectivity index (χ1v) is 5.55. The van der Waals surface area contributed by atoms with Crippen molar-refractivity contribution < 1.29 is 0 Å². The van der Waals surface area contributed by atoms with Crippen LogP contribution in [0.4, 0.5) is 0 Å². The molecule has 3 nitrogen and oxygen atoms in total. The Hall–Kier alpha value is -0.950. The first-order valence-electron chi connectivity index (χ1n) is 4.56. The molecular weight excluding hydrogens is 194 g/mol. The van der Waals surface area contributed by atoms with Gasteiger partial charge in [-0.25, -0.2) is 0 Å². The van der Waals surface area contributed by atoms with E-state index in [4.69, 9.17) is 5.26 Å². The van der Waals surface area contributed by atoms with Crippen LogP contribution in [0, 0.1) is 16.7 Å². The molecule has 4 heteroatoms. The zero-order valence-electron chi connectivity index (χ0n) is 8.82. The summed E-state index contributed by atoms with van der Waals surface area (Å²) in [5, 5.41) is 12.9. The molecule has 0 bridgehead atoms. The fourth-order valence-electron chi connectivity index (χ4n) is 0.953. The summed E-state index contributed by atoms with van der Waals surface area (Å²) in [6, 6.07) is 2.30. The molecule has 1 aromatic rings. The Bertz CT molecular complexity index is 335. The summed E-state index contributed by atoms with van der Waals surface area (Å²) in [6.07, 6.45) is 4.75. The van der Waals surface area contributed by atoms with E-state index in [1.165, 1.54) is 4.90 Å². The number of rotatable bonds is 4. The number of hydrogen-bond donors (Lipinski definition) is 0. The number of aromatic nitrogens is 2. The van der Waals surface area contributed by atoms with Gasteiger partial charge >= 0.3 is 0 Å². The first-order chi connectivity index (χ1) is 6.53. The maximum atomic E-state index is 8.82. The van der Waals surface area contributed by atoms with Crippen molar-refractivity contribution in [3.05, 3.63) is 12.4 Å². The highest BCUT2D eigenvalue weighted by molar-refractivity contribution is 7.99. The molecule has 0 aromatic carbocycles. The van der Waals surface area contributed by atoms with Crippen molar-refractivity contribution in [3.8, 4) is 6.07 Å². The topological polar surface area (TPSA) is 41.6 Å². The second kappa shape index (κ2) is 4.52. The summed E-state index contributed by atoms with van der Waals surface area (Å²) < 4.78 is 1.79. The third kappa shape index (κ3) is 3.43. The molecule has 1 heterocycles. The highest BCUT2D eigenvalue weighted by atomic mass is 32.2. The lowest BCUT2D eigenvalue weighted by molar-refractivity contribution is 0.482. The average Bonchev–Trinajstić information content (AvgIpc) is 2.51. The lowest BCUT2D eigenvalue weighted by Gasteiger charge is -2.13. The predicted molar refractivity (Wildman–Crippen MR) is 57.9 cm³/mol. The van der Waals surface area contributed by atoms with Gasteiger partial charge < -0.3 is 0 Å². The largest absolute Gasteiger partial charge is 0.275 e. The molecule has 0 aliphatic heterocycles. The summed E-state index contributed by atoms with van der Waals surface area (Å²) in [6.45, 7) is 3.94. The van der Waals surface area contributed by atoms with Crippen LogP contribution in [0.2, 0.25) is 0 Å². The summed E-state index contributed by atoms with van der Waals surface area (Å²) in [7, 11) is 1.91. The van der Waals surface area contributed by atoms with E-state index in [0.717, 1.165) is 12.2 Å². The fraction of sp³-hybridized carbons (Fsp3) is 0.600. The van der Waals surface area contributed by atoms with Gasteiger partial charge in [0.15, 0.2) is 0 Å². The number of thioether (sulfide) groups is 1. The smallest absolute Gasteiger partial charge is 0.0684 e. The molecule has 0 spiro atoms. The van der Waals surface area contributed by atoms with E-state index in [9.17, 15) is 0 Å². The first kappa shape index (κ1) is 11.1. The molecule has 0 amide bonds. The van der Waals surface area contributed by atoms with Crippen LogP contribution in [-0.2, 0) is 7.05 Å². The Morgan fingerprint density at radius 1 is 1.64 bits per heavy atom. The summed E-state index contributed by atoms with van der Waals surface area (Å²) in [5.41, 5.74) is -0.213. The van der Waals surface area contributed by atoms with E-state index in [-0.39, 0.29) is 5.41 Å². The Kier molecular flexibility index (Phi) is 3.59. The highest BCUT2D eigenvalue weighted by Crippen LogP contribution is 2.25. The fourth-order valence-corrected chi connectivity index (χ4v) is 2.15. The molecule has 0 aliphatic carbocycles. The number of nitriles is 1. The minimum absolute atomic E-state index is 0.213. The molecule has 1 aromatic heterocycles. The summed E-state index contributed by atoms with van der Waals surface area (Å²) in [5.74, 6) is 0.965. The molecule has 0 radical (unpaired) electrons. The Balaban J connectivity index is 2.33. The molecule has 0 aliphatic rings. The molecule has 0 N–H and O–H groups in total. The van der Waals surface area contributed by atoms with Crippen molar-refractivity contribution in [3.63, 3.8) is 0 Å². The number of nitrogens with zero attached hydrogens (tertiary/aromatic N) is 3. The van der Waals surface area contributed by atoms with E-state index in [1.54, 1.807) is 16.4 Å². The van der Waals surface area contributed by atoms with Crippen molar-refractivity contribution in [2.24, 2.45) is 12.5 Å². The zero-order chi connectivity index (χ0) is 10.6. The van der Waals surface area contributed by atoms with Crippen LogP contribution in [0.15, 0.2) is 17.3 Å². The number of aryl methyl sites for hydroxylation is 1. The summed E-state index contributed by atoms with van der Waals surface area (Å²) >= 11 is 1.75. The van der Waals surface area contributed by atoms with Gasteiger partial charge in [0.05, 0.1) is 17.7 Å². The molecule has 0 unspecified atom stereocenters. The van der Waals surface area contributed by atoms with Gasteiger partial charge in [0.25, 0.3) is 0 Å². The summed E-state index contributed by atoms with van der Waals surface area (Å²) in [4.78, 5) is 1.17. The van der Waals surface area contributed by atoms with Gasteiger partial charge in [-0.2, -0.15) is 10.4 Å². The van der Waals surface area contributed by atoms with E-state index >= 15 is 0 Å². The Morgan fingerprint density at radius 3 is 2.86 bits per heavy atom. The van der Waals surface area contributed by atoms with Crippen molar-refractivity contribution in [1.82, 2.24) is 9.78 Å². The van der Waals surface area contributed by atoms with E-state index < -0.39 is 0 Å². The molecular formula is C10H15N3S. The van der Waals surface area contributed by atoms with Gasteiger partial charge in [-0.15, -0.1) is 11.8 Å². The predicted octanol–water partition coefficient (Wildman–Crippen LogP) is 2.45. The van der Waals surface area contributed by atoms with Crippen molar-refractivity contribution in [2.45, 2.75) is 25.2 Å². The van der Waals surface area contributed by atoms with Crippen LogP contribution in [0.25, 0.3) is 0 Å². The standard InChI is InChI=1S/C10H15N3S/c1-10(2,8-11)4-5-14-9-6-12-13(3)7-9/h6-7H,4-5H2,1-3H3. The van der Waals surface area contributed by atoms with Crippen LogP contribution in [0.1, 0.15) is 20.3 Å². The van der Waals surface area contributed by atoms with Gasteiger partial charge in [-0.1, -0.05) is 0 Å². The van der Waals surface area contributed by atoms with Crippen LogP contribution in [-0.4, -0.2) is 15.5 Å². The maximum Gasteiger partial charge on any atom is 0.0684 e. The average molecular weight is 209 g/mol. The van der Waals surface area contributed by atoms with Crippen LogP contribution in [0.5, 0.6) is 0 Å². The quantitative estimate of drug-likeness (QED) is 0.715. The van der Waals surface area contributed by atoms with E-state index in [0.29, 0.717) is 0 Å². The number of hydrogen-bond acceptors (Lipinski definition) is 3. The van der Waals surface area contributed by atoms with Crippen LogP contribution >= 0.6 is 11.8 Å². The van der Waals surface area contributed by atoms with Gasteiger partial charge in [0.1, 0.15) is 0 Å². The van der Waals surface area contributed by atoms with E-state index in [1.807, 2.05) is 33.3 Å². The second-order valence-electron chi connectivity index (χ2n) is 3.94. The monoisotopic (exact) mass is 209 g/mol. The van der Waals surface area contributed by atoms with Gasteiger partial charge in [-0.3, -0.25) is 4.68 Å².